The van der Waals surface area contributed by atoms with Crippen LogP contribution in [0.1, 0.15) is 118 Å². The minimum absolute atomic E-state index is 0.00250. The van der Waals surface area contributed by atoms with Crippen molar-refractivity contribution in [3.8, 4) is 11.5 Å². The quantitative estimate of drug-likeness (QED) is 0.0157. The molecule has 0 bridgehead atoms. The van der Waals surface area contributed by atoms with Crippen LogP contribution in [0.25, 0.3) is 22.1 Å². The van der Waals surface area contributed by atoms with Crippen molar-refractivity contribution in [3.63, 3.8) is 0 Å². The number of carbonyl (C=O) groups is 11. The lowest BCUT2D eigenvalue weighted by molar-refractivity contribution is -0.149. The van der Waals surface area contributed by atoms with Crippen LogP contribution < -0.4 is 36.9 Å². The summed E-state index contributed by atoms with van der Waals surface area (Å²) in [5.74, 6) is -9.77. The number of aromatic nitrogens is 6. The third-order valence-electron chi connectivity index (χ3n) is 13.3. The maximum absolute atomic E-state index is 13.9. The number of ketones is 2. The van der Waals surface area contributed by atoms with Gasteiger partial charge in [-0.05, 0) is 43.5 Å². The zero-order valence-electron chi connectivity index (χ0n) is 47.2. The number of primary amides is 2. The number of hydrogen-bond acceptors (Lipinski definition) is 20. The Kier molecular flexibility index (Phi) is 20.2. The fraction of sp³-hybridized carbons (Fsp3) is 0.375. The van der Waals surface area contributed by atoms with Crippen molar-refractivity contribution in [2.24, 2.45) is 23.3 Å². The molecule has 2 aromatic carbocycles. The number of nitrogens with two attached hydrogens (primary N) is 2. The summed E-state index contributed by atoms with van der Waals surface area (Å²) < 4.78 is 31.9. The minimum atomic E-state index is -1.24. The molecule has 85 heavy (non-hydrogen) atoms. The monoisotopic (exact) mass is 1170 g/mol. The molecular formula is C56H62N12O17. The largest absolute Gasteiger partial charge is 0.494 e. The van der Waals surface area contributed by atoms with E-state index in [1.165, 1.54) is 38.3 Å². The van der Waals surface area contributed by atoms with Crippen LogP contribution in [0.2, 0.25) is 0 Å². The summed E-state index contributed by atoms with van der Waals surface area (Å²) in [7, 11) is 1.39. The second-order valence-electron chi connectivity index (χ2n) is 19.5. The molecule has 1 aliphatic heterocycles. The Morgan fingerprint density at radius 3 is 1.73 bits per heavy atom. The highest BCUT2D eigenvalue weighted by Gasteiger charge is 2.31. The van der Waals surface area contributed by atoms with E-state index in [0.717, 1.165) is 12.2 Å². The number of methoxy groups -OCH3 is 1. The first-order chi connectivity index (χ1) is 40.5. The maximum Gasteiger partial charge on any atom is 0.309 e. The third-order valence-corrected chi connectivity index (χ3v) is 13.3. The molecular weight excluding hydrogens is 1110 g/mol. The number of nitrogens with one attached hydrogen (secondary N) is 3. The predicted octanol–water partition coefficient (Wildman–Crippen LogP) is 3.46. The maximum atomic E-state index is 13.9. The molecule has 29 heteroatoms. The van der Waals surface area contributed by atoms with Gasteiger partial charge in [0, 0.05) is 81.8 Å². The van der Waals surface area contributed by atoms with Gasteiger partial charge in [-0.1, -0.05) is 32.9 Å². The lowest BCUT2D eigenvalue weighted by Crippen LogP contribution is -2.39. The Hall–Kier alpha value is -10.4. The number of benzene rings is 2. The number of oxazole rings is 2. The van der Waals surface area contributed by atoms with Crippen molar-refractivity contribution in [2.45, 2.75) is 92.7 Å². The third kappa shape index (κ3) is 15.2. The van der Waals surface area contributed by atoms with Gasteiger partial charge in [0.25, 0.3) is 23.6 Å². The number of fused-ring (bicyclic) bond motifs is 2. The summed E-state index contributed by atoms with van der Waals surface area (Å²) in [6.07, 6.45) is 4.62. The number of carbonyl (C=O) groups excluding carboxylic acids is 10. The van der Waals surface area contributed by atoms with E-state index >= 15 is 0 Å². The number of carboxylic acid groups (broad SMARTS) is 1. The zero-order valence-corrected chi connectivity index (χ0v) is 47.2. The Bertz CT molecular complexity index is 3700. The summed E-state index contributed by atoms with van der Waals surface area (Å²) in [5.41, 5.74) is 13.4. The number of anilines is 2. The molecule has 6 aromatic rings. The Morgan fingerprint density at radius 2 is 1.24 bits per heavy atom. The standard InChI is InChI=1S/C56H62N12O17/c1-7-36-47(84-29(4)60-36)52(78)64-55-62-38-22-32(49(57)75)24-40(81-6)45(38)66(55)16-9-10-17-67-46-39(63-56(67)65-53(79)48-37(8-2)61-30(5)85-48)23-33(50(58)76)25-41(46)82-18-11-19-83-54(80)28(3)20-34(69)26-59-51(77)31(12-15-44(73)74)21-35(70)27-68-42(71)13-14-43(68)72/h9-10,13-14,22-25,28,31H,7-8,11-12,15-21,26-27H2,1-6H3,(H2,57,75)(H2,58,76)(H,59,77)(H,73,74)(H,62,64,78)(H,63,65,79)/b10-9+/t28-,31-/m1/s1. The smallest absolute Gasteiger partial charge is 0.309 e. The summed E-state index contributed by atoms with van der Waals surface area (Å²) in [6, 6.07) is 5.69. The summed E-state index contributed by atoms with van der Waals surface area (Å²) in [6.45, 7) is 6.74. The number of allylic oxidation sites excluding steroid dienone is 2. The normalized spacial score (nSPS) is 12.9. The average Bonchev–Trinajstić information content (AvgIpc) is 1.87. The first-order valence-corrected chi connectivity index (χ1v) is 26.8. The number of hydrogen-bond donors (Lipinski definition) is 6. The number of esters is 1. The van der Waals surface area contributed by atoms with Crippen molar-refractivity contribution < 1.29 is 80.9 Å². The molecule has 0 aliphatic carbocycles. The van der Waals surface area contributed by atoms with Gasteiger partial charge in [0.1, 0.15) is 22.5 Å². The van der Waals surface area contributed by atoms with Crippen LogP contribution in [0, 0.1) is 25.7 Å². The molecule has 448 valence electrons. The molecule has 29 nitrogen and oxygen atoms in total. The highest BCUT2D eigenvalue weighted by Crippen LogP contribution is 2.34. The van der Waals surface area contributed by atoms with E-state index in [2.05, 4.69) is 35.9 Å². The predicted molar refractivity (Wildman–Crippen MR) is 298 cm³/mol. The highest BCUT2D eigenvalue weighted by molar-refractivity contribution is 6.14. The minimum Gasteiger partial charge on any atom is -0.494 e. The van der Waals surface area contributed by atoms with E-state index in [9.17, 15) is 57.8 Å². The number of carboxylic acids is 1. The molecule has 0 saturated heterocycles. The van der Waals surface area contributed by atoms with Crippen LogP contribution in [-0.4, -0.2) is 137 Å². The van der Waals surface area contributed by atoms with Crippen LogP contribution in [0.3, 0.4) is 0 Å². The second-order valence-corrected chi connectivity index (χ2v) is 19.5. The molecule has 0 spiro atoms. The number of ether oxygens (including phenoxy) is 3. The Morgan fingerprint density at radius 1 is 0.718 bits per heavy atom. The van der Waals surface area contributed by atoms with E-state index in [1.807, 2.05) is 6.92 Å². The number of imidazole rings is 2. The SMILES string of the molecule is CCc1nc(C)oc1C(=O)Nc1nc2cc(C(N)=O)cc(OC)c2n1C/C=C/Cn1c(NC(=O)c2oc(C)nc2CC)nc2cc(C(N)=O)cc(OCCCOC(=O)[C@H](C)CC(=O)CNC(=O)[C@H](CCC(=O)O)CC(=O)CN3C(=O)C=CC3=O)c21. The molecule has 0 unspecified atom stereocenters. The number of aliphatic carboxylic acids is 1. The fourth-order valence-corrected chi connectivity index (χ4v) is 9.12. The van der Waals surface area contributed by atoms with Crippen molar-refractivity contribution >= 4 is 98.8 Å². The summed E-state index contributed by atoms with van der Waals surface area (Å²) in [5, 5.41) is 17.2. The van der Waals surface area contributed by atoms with E-state index in [1.54, 1.807) is 42.1 Å². The van der Waals surface area contributed by atoms with Crippen LogP contribution in [0.4, 0.5) is 11.9 Å². The van der Waals surface area contributed by atoms with E-state index in [0.29, 0.717) is 34.6 Å². The van der Waals surface area contributed by atoms with Gasteiger partial charge in [-0.25, -0.2) is 19.9 Å². The van der Waals surface area contributed by atoms with Gasteiger partial charge >= 0.3 is 11.9 Å². The molecule has 7 amide bonds. The highest BCUT2D eigenvalue weighted by atomic mass is 16.5. The number of Topliss-reactive ketones (excluding diaryl/α,β-unsaturated/α-hetero) is 2. The Labute approximate surface area is 483 Å². The van der Waals surface area contributed by atoms with Crippen LogP contribution in [-0.2, 0) is 64.2 Å². The zero-order chi connectivity index (χ0) is 61.8. The van der Waals surface area contributed by atoms with Gasteiger partial charge in [-0.3, -0.25) is 68.3 Å². The van der Waals surface area contributed by atoms with Crippen LogP contribution in [0.5, 0.6) is 11.5 Å². The molecule has 1 aliphatic rings. The number of amides is 7. The molecule has 8 N–H and O–H groups in total. The first-order valence-electron chi connectivity index (χ1n) is 26.8. The van der Waals surface area contributed by atoms with Gasteiger partial charge in [0.05, 0.1) is 61.8 Å². The average molecular weight is 1180 g/mol. The summed E-state index contributed by atoms with van der Waals surface area (Å²) in [4.78, 5) is 158. The van der Waals surface area contributed by atoms with Gasteiger partial charge in [-0.2, -0.15) is 0 Å². The van der Waals surface area contributed by atoms with Gasteiger partial charge in [-0.15, -0.1) is 0 Å². The number of imide groups is 1. The van der Waals surface area contributed by atoms with Crippen molar-refractivity contribution in [3.05, 3.63) is 94.4 Å². The van der Waals surface area contributed by atoms with Crippen molar-refractivity contribution in [1.29, 1.82) is 0 Å². The Balaban J connectivity index is 1.06. The van der Waals surface area contributed by atoms with E-state index < -0.39 is 103 Å². The lowest BCUT2D eigenvalue weighted by atomic mass is 9.95. The van der Waals surface area contributed by atoms with E-state index in [-0.39, 0.29) is 120 Å². The fourth-order valence-electron chi connectivity index (χ4n) is 9.12. The molecule has 5 heterocycles. The molecule has 0 radical (unpaired) electrons. The van der Waals surface area contributed by atoms with Crippen molar-refractivity contribution in [2.75, 3.05) is 44.0 Å². The summed E-state index contributed by atoms with van der Waals surface area (Å²) >= 11 is 0. The van der Waals surface area contributed by atoms with Gasteiger partial charge in [0.15, 0.2) is 23.3 Å². The lowest BCUT2D eigenvalue weighted by Gasteiger charge is -2.18. The second kappa shape index (κ2) is 27.6. The van der Waals surface area contributed by atoms with E-state index in [4.69, 9.17) is 34.5 Å². The molecule has 7 rings (SSSR count). The van der Waals surface area contributed by atoms with Crippen LogP contribution in [0.15, 0.2) is 57.4 Å². The van der Waals surface area contributed by atoms with Gasteiger partial charge < -0.3 is 54.1 Å². The molecule has 0 fully saturated rings. The first kappa shape index (κ1) is 62.3. The molecule has 4 aromatic heterocycles. The number of nitrogens with zero attached hydrogens (tertiary/aromatic N) is 7. The number of rotatable bonds is 31. The van der Waals surface area contributed by atoms with Crippen LogP contribution >= 0.6 is 0 Å². The van der Waals surface area contributed by atoms with Crippen molar-refractivity contribution in [1.82, 2.24) is 39.3 Å². The molecule has 2 atom stereocenters. The number of aryl methyl sites for hydroxylation is 4. The van der Waals surface area contributed by atoms with Gasteiger partial charge in [0.2, 0.25) is 41.1 Å². The molecule has 0 saturated carbocycles. The topological polar surface area (TPSA) is 415 Å².